The van der Waals surface area contributed by atoms with Crippen LogP contribution in [0, 0.1) is 5.41 Å². The van der Waals surface area contributed by atoms with E-state index >= 15 is 0 Å². The maximum absolute atomic E-state index is 8.02. The molecule has 6 heteroatoms. The molecular formula is C21H18N6. The molecule has 0 bridgehead atoms. The average molecular weight is 354 g/mol. The zero-order valence-corrected chi connectivity index (χ0v) is 14.6. The maximum atomic E-state index is 8.02. The summed E-state index contributed by atoms with van der Waals surface area (Å²) in [5.41, 5.74) is 13.1. The third kappa shape index (κ3) is 2.62. The number of nitrogen functional groups attached to an aromatic ring is 1. The van der Waals surface area contributed by atoms with Crippen LogP contribution < -0.4 is 11.1 Å². The number of fused-ring (bicyclic) bond motifs is 2. The summed E-state index contributed by atoms with van der Waals surface area (Å²) in [6.45, 7) is 0. The van der Waals surface area contributed by atoms with Gasteiger partial charge in [0, 0.05) is 35.0 Å². The summed E-state index contributed by atoms with van der Waals surface area (Å²) in [6, 6.07) is 13.9. The number of aryl methyl sites for hydroxylation is 1. The molecule has 0 saturated heterocycles. The molecule has 6 nitrogen and oxygen atoms in total. The molecule has 0 unspecified atom stereocenters. The standard InChI is InChI=1S/C21H18N6/c22-15-4-1-13(2-5-15)20-21(27-10-9-24-12-19(27)26-20)25-16-6-7-17-14(11-16)3-8-18(17)23/h1-2,4-7,9-12,23,25H,3,8,22H2. The number of imidazole rings is 1. The van der Waals surface area contributed by atoms with Crippen LogP contribution in [0.4, 0.5) is 17.2 Å². The highest BCUT2D eigenvalue weighted by molar-refractivity contribution is 6.02. The zero-order valence-electron chi connectivity index (χ0n) is 14.6. The lowest BCUT2D eigenvalue weighted by Gasteiger charge is -2.10. The molecule has 1 aliphatic rings. The van der Waals surface area contributed by atoms with Crippen molar-refractivity contribution in [3.63, 3.8) is 0 Å². The third-order valence-corrected chi connectivity index (χ3v) is 4.95. The number of aromatic nitrogens is 3. The normalized spacial score (nSPS) is 13.1. The topological polar surface area (TPSA) is 92.1 Å². The van der Waals surface area contributed by atoms with E-state index in [0.717, 1.165) is 58.2 Å². The molecule has 1 aliphatic carbocycles. The Balaban J connectivity index is 1.63. The number of rotatable bonds is 3. The van der Waals surface area contributed by atoms with Crippen molar-refractivity contribution >= 4 is 28.6 Å². The number of hydrogen-bond donors (Lipinski definition) is 3. The van der Waals surface area contributed by atoms with E-state index in [9.17, 15) is 0 Å². The van der Waals surface area contributed by atoms with Gasteiger partial charge in [-0.2, -0.15) is 0 Å². The predicted octanol–water partition coefficient (Wildman–Crippen LogP) is 4.04. The lowest BCUT2D eigenvalue weighted by atomic mass is 10.1. The van der Waals surface area contributed by atoms with Gasteiger partial charge in [-0.25, -0.2) is 4.98 Å². The second kappa shape index (κ2) is 5.95. The SMILES string of the molecule is N=C1CCc2cc(Nc3c(-c4ccc(N)cc4)nc4cnccn34)ccc21. The molecule has 132 valence electrons. The van der Waals surface area contributed by atoms with Crippen LogP contribution in [0.5, 0.6) is 0 Å². The fourth-order valence-electron chi connectivity index (χ4n) is 3.57. The van der Waals surface area contributed by atoms with E-state index in [1.807, 2.05) is 47.0 Å². The molecule has 27 heavy (non-hydrogen) atoms. The first-order valence-electron chi connectivity index (χ1n) is 8.85. The molecule has 0 amide bonds. The van der Waals surface area contributed by atoms with Crippen molar-refractivity contribution < 1.29 is 0 Å². The fourth-order valence-corrected chi connectivity index (χ4v) is 3.57. The average Bonchev–Trinajstić information content (AvgIpc) is 3.24. The highest BCUT2D eigenvalue weighted by atomic mass is 15.1. The van der Waals surface area contributed by atoms with Crippen LogP contribution >= 0.6 is 0 Å². The highest BCUT2D eigenvalue weighted by Crippen LogP contribution is 2.33. The number of benzene rings is 2. The number of nitrogens with zero attached hydrogens (tertiary/aromatic N) is 3. The third-order valence-electron chi connectivity index (χ3n) is 4.95. The second-order valence-electron chi connectivity index (χ2n) is 6.71. The lowest BCUT2D eigenvalue weighted by molar-refractivity contribution is 1.09. The smallest absolute Gasteiger partial charge is 0.157 e. The van der Waals surface area contributed by atoms with Gasteiger partial charge in [-0.15, -0.1) is 0 Å². The van der Waals surface area contributed by atoms with Crippen LogP contribution in [0.3, 0.4) is 0 Å². The van der Waals surface area contributed by atoms with Crippen LogP contribution in [0.25, 0.3) is 16.9 Å². The highest BCUT2D eigenvalue weighted by Gasteiger charge is 2.18. The number of nitrogens with one attached hydrogen (secondary N) is 2. The van der Waals surface area contributed by atoms with Crippen molar-refractivity contribution in [2.75, 3.05) is 11.1 Å². The second-order valence-corrected chi connectivity index (χ2v) is 6.71. The van der Waals surface area contributed by atoms with Gasteiger partial charge < -0.3 is 16.5 Å². The summed E-state index contributed by atoms with van der Waals surface area (Å²) < 4.78 is 1.99. The monoisotopic (exact) mass is 354 g/mol. The van der Waals surface area contributed by atoms with Crippen LogP contribution in [0.15, 0.2) is 61.1 Å². The van der Waals surface area contributed by atoms with Crippen LogP contribution in [0.2, 0.25) is 0 Å². The van der Waals surface area contributed by atoms with Crippen LogP contribution in [0.1, 0.15) is 17.5 Å². The maximum Gasteiger partial charge on any atom is 0.157 e. The molecule has 0 saturated carbocycles. The van der Waals surface area contributed by atoms with Gasteiger partial charge in [0.1, 0.15) is 11.5 Å². The largest absolute Gasteiger partial charge is 0.399 e. The van der Waals surface area contributed by atoms with Crippen molar-refractivity contribution in [1.82, 2.24) is 14.4 Å². The Labute approximate surface area is 156 Å². The molecule has 4 aromatic rings. The summed E-state index contributed by atoms with van der Waals surface area (Å²) in [7, 11) is 0. The number of nitrogens with two attached hydrogens (primary N) is 1. The van der Waals surface area contributed by atoms with Gasteiger partial charge >= 0.3 is 0 Å². The Kier molecular flexibility index (Phi) is 3.43. The molecule has 2 heterocycles. The van der Waals surface area contributed by atoms with Crippen LogP contribution in [-0.2, 0) is 6.42 Å². The molecule has 0 atom stereocenters. The summed E-state index contributed by atoms with van der Waals surface area (Å²) in [4.78, 5) is 8.94. The van der Waals surface area contributed by atoms with Crippen molar-refractivity contribution in [2.24, 2.45) is 0 Å². The van der Waals surface area contributed by atoms with E-state index in [1.54, 1.807) is 12.4 Å². The molecule has 4 N–H and O–H groups in total. The first-order valence-corrected chi connectivity index (χ1v) is 8.85. The summed E-state index contributed by atoms with van der Waals surface area (Å²) in [5.74, 6) is 0.880. The van der Waals surface area contributed by atoms with E-state index < -0.39 is 0 Å². The van der Waals surface area contributed by atoms with Gasteiger partial charge in [-0.1, -0.05) is 18.2 Å². The van der Waals surface area contributed by atoms with Crippen molar-refractivity contribution in [2.45, 2.75) is 12.8 Å². The molecule has 2 aromatic carbocycles. The van der Waals surface area contributed by atoms with E-state index in [-0.39, 0.29) is 0 Å². The molecule has 0 fully saturated rings. The predicted molar refractivity (Wildman–Crippen MR) is 108 cm³/mol. The van der Waals surface area contributed by atoms with Crippen molar-refractivity contribution in [3.05, 3.63) is 72.2 Å². The number of anilines is 3. The Morgan fingerprint density at radius 1 is 1.07 bits per heavy atom. The van der Waals surface area contributed by atoms with Gasteiger partial charge in [-0.3, -0.25) is 9.38 Å². The van der Waals surface area contributed by atoms with Gasteiger partial charge in [0.05, 0.1) is 6.20 Å². The summed E-state index contributed by atoms with van der Waals surface area (Å²) in [5, 5.41) is 11.5. The molecule has 2 aromatic heterocycles. The zero-order chi connectivity index (χ0) is 18.4. The molecule has 0 spiro atoms. The Morgan fingerprint density at radius 2 is 1.93 bits per heavy atom. The lowest BCUT2D eigenvalue weighted by Crippen LogP contribution is -1.99. The van der Waals surface area contributed by atoms with Gasteiger partial charge in [0.15, 0.2) is 5.65 Å². The molecule has 5 rings (SSSR count). The molecular weight excluding hydrogens is 336 g/mol. The first kappa shape index (κ1) is 15.6. The molecule has 0 radical (unpaired) electrons. The van der Waals surface area contributed by atoms with Gasteiger partial charge in [0.25, 0.3) is 0 Å². The van der Waals surface area contributed by atoms with Crippen molar-refractivity contribution in [3.8, 4) is 11.3 Å². The minimum Gasteiger partial charge on any atom is -0.399 e. The Bertz CT molecular complexity index is 1170. The first-order chi connectivity index (χ1) is 13.2. The summed E-state index contributed by atoms with van der Waals surface area (Å²) in [6.07, 6.45) is 7.13. The van der Waals surface area contributed by atoms with E-state index in [4.69, 9.17) is 16.1 Å². The Hall–Kier alpha value is -3.67. The van der Waals surface area contributed by atoms with Crippen molar-refractivity contribution in [1.29, 1.82) is 5.41 Å². The van der Waals surface area contributed by atoms with E-state index in [1.165, 1.54) is 5.56 Å². The van der Waals surface area contributed by atoms with Gasteiger partial charge in [0.2, 0.25) is 0 Å². The molecule has 0 aliphatic heterocycles. The van der Waals surface area contributed by atoms with E-state index in [0.29, 0.717) is 0 Å². The van der Waals surface area contributed by atoms with Gasteiger partial charge in [-0.05, 0) is 48.2 Å². The van der Waals surface area contributed by atoms with Crippen LogP contribution in [-0.4, -0.2) is 20.1 Å². The van der Waals surface area contributed by atoms with E-state index in [2.05, 4.69) is 16.4 Å². The minimum atomic E-state index is 0.722. The number of hydrogen-bond acceptors (Lipinski definition) is 5. The Morgan fingerprint density at radius 3 is 2.78 bits per heavy atom. The minimum absolute atomic E-state index is 0.722. The summed E-state index contributed by atoms with van der Waals surface area (Å²) >= 11 is 0. The fraction of sp³-hybridized carbons (Fsp3) is 0.0952. The quantitative estimate of drug-likeness (QED) is 0.484.